The molecule has 0 aliphatic carbocycles. The van der Waals surface area contributed by atoms with Gasteiger partial charge in [-0.3, -0.25) is 0 Å². The third-order valence-corrected chi connectivity index (χ3v) is 5.71. The molecule has 0 aromatic carbocycles. The van der Waals surface area contributed by atoms with Crippen LogP contribution in [-0.4, -0.2) is 57.0 Å². The van der Waals surface area contributed by atoms with Gasteiger partial charge in [0.1, 0.15) is 17.5 Å². The highest BCUT2D eigenvalue weighted by Gasteiger charge is 2.39. The lowest BCUT2D eigenvalue weighted by Crippen LogP contribution is -2.52. The normalized spacial score (nSPS) is 21.5. The number of aliphatic hydroxyl groups excluding tert-OH is 1. The molecule has 3 N–H and O–H groups in total. The van der Waals surface area contributed by atoms with Gasteiger partial charge >= 0.3 is 0 Å². The smallest absolute Gasteiger partial charge is 0.227 e. The second-order valence-corrected chi connectivity index (χ2v) is 8.45. The first kappa shape index (κ1) is 21.2. The predicted octanol–water partition coefficient (Wildman–Crippen LogP) is 3.63. The molecule has 4 rings (SSSR count). The lowest BCUT2D eigenvalue weighted by Gasteiger charge is -2.38. The van der Waals surface area contributed by atoms with Gasteiger partial charge in [-0.05, 0) is 42.3 Å². The summed E-state index contributed by atoms with van der Waals surface area (Å²) in [4.78, 5) is 19.6. The van der Waals surface area contributed by atoms with E-state index in [1.54, 1.807) is 23.4 Å². The Morgan fingerprint density at radius 1 is 1.19 bits per heavy atom. The Morgan fingerprint density at radius 3 is 2.71 bits per heavy atom. The van der Waals surface area contributed by atoms with Gasteiger partial charge in [-0.1, -0.05) is 13.8 Å². The summed E-state index contributed by atoms with van der Waals surface area (Å²) >= 11 is 0. The minimum absolute atomic E-state index is 0.0450. The Hall–Kier alpha value is -3.07. The van der Waals surface area contributed by atoms with Crippen LogP contribution < -0.4 is 15.5 Å². The van der Waals surface area contributed by atoms with E-state index in [1.165, 1.54) is 6.92 Å². The van der Waals surface area contributed by atoms with Gasteiger partial charge < -0.3 is 20.6 Å². The van der Waals surface area contributed by atoms with Crippen LogP contribution in [0.25, 0.3) is 10.8 Å². The largest absolute Gasteiger partial charge is 0.390 e. The SMILES string of the molecule is CNc1ncc(C(C)C)c2cc(Nc3ccnc(N4CCC(O)[C@](C)(F)C4)n3)ncc12. The highest BCUT2D eigenvalue weighted by Crippen LogP contribution is 2.31. The second kappa shape index (κ2) is 8.22. The molecule has 0 spiro atoms. The van der Waals surface area contributed by atoms with E-state index >= 15 is 0 Å². The molecule has 2 atom stereocenters. The molecular formula is C22H28FN7O. The van der Waals surface area contributed by atoms with E-state index in [2.05, 4.69) is 44.4 Å². The van der Waals surface area contributed by atoms with Gasteiger partial charge in [0.05, 0.1) is 12.6 Å². The fourth-order valence-electron chi connectivity index (χ4n) is 3.89. The number of fused-ring (bicyclic) bond motifs is 1. The van der Waals surface area contributed by atoms with E-state index in [-0.39, 0.29) is 6.54 Å². The van der Waals surface area contributed by atoms with E-state index in [0.29, 0.717) is 36.5 Å². The van der Waals surface area contributed by atoms with Crippen LogP contribution in [0, 0.1) is 0 Å². The number of piperidine rings is 1. The molecule has 3 aromatic heterocycles. The topological polar surface area (TPSA) is 99.1 Å². The molecule has 9 heteroatoms. The first-order valence-corrected chi connectivity index (χ1v) is 10.5. The molecule has 1 saturated heterocycles. The minimum Gasteiger partial charge on any atom is -0.390 e. The maximum absolute atomic E-state index is 14.6. The number of nitrogens with one attached hydrogen (secondary N) is 2. The molecule has 164 valence electrons. The number of nitrogens with zero attached hydrogens (tertiary/aromatic N) is 5. The number of pyridine rings is 2. The lowest BCUT2D eigenvalue weighted by atomic mass is 9.94. The van der Waals surface area contributed by atoms with E-state index in [4.69, 9.17) is 0 Å². The van der Waals surface area contributed by atoms with Crippen molar-refractivity contribution in [2.45, 2.75) is 44.9 Å². The van der Waals surface area contributed by atoms with E-state index in [0.717, 1.165) is 22.2 Å². The number of halogens is 1. The van der Waals surface area contributed by atoms with E-state index in [9.17, 15) is 9.50 Å². The van der Waals surface area contributed by atoms with Crippen LogP contribution in [-0.2, 0) is 0 Å². The molecule has 0 radical (unpaired) electrons. The Labute approximate surface area is 181 Å². The van der Waals surface area contributed by atoms with Crippen molar-refractivity contribution in [2.24, 2.45) is 0 Å². The van der Waals surface area contributed by atoms with Crippen molar-refractivity contribution in [3.05, 3.63) is 36.3 Å². The maximum atomic E-state index is 14.6. The van der Waals surface area contributed by atoms with Crippen LogP contribution in [0.4, 0.5) is 27.8 Å². The Bertz CT molecular complexity index is 1090. The Morgan fingerprint density at radius 2 is 2.00 bits per heavy atom. The monoisotopic (exact) mass is 425 g/mol. The molecule has 3 aromatic rings. The van der Waals surface area contributed by atoms with Gasteiger partial charge in [0.25, 0.3) is 0 Å². The summed E-state index contributed by atoms with van der Waals surface area (Å²) in [7, 11) is 1.84. The van der Waals surface area contributed by atoms with Gasteiger partial charge in [-0.25, -0.2) is 19.3 Å². The van der Waals surface area contributed by atoms with Crippen molar-refractivity contribution < 1.29 is 9.50 Å². The second-order valence-electron chi connectivity index (χ2n) is 8.45. The highest BCUT2D eigenvalue weighted by atomic mass is 19.1. The summed E-state index contributed by atoms with van der Waals surface area (Å²) in [6.45, 7) is 6.21. The molecule has 4 heterocycles. The van der Waals surface area contributed by atoms with Gasteiger partial charge in [-0.15, -0.1) is 0 Å². The van der Waals surface area contributed by atoms with Crippen LogP contribution in [0.1, 0.15) is 38.7 Å². The number of alkyl halides is 1. The predicted molar refractivity (Wildman–Crippen MR) is 121 cm³/mol. The fourth-order valence-corrected chi connectivity index (χ4v) is 3.89. The summed E-state index contributed by atoms with van der Waals surface area (Å²) < 4.78 is 14.6. The molecule has 0 saturated carbocycles. The van der Waals surface area contributed by atoms with Gasteiger partial charge in [0.15, 0.2) is 5.67 Å². The minimum atomic E-state index is -1.70. The maximum Gasteiger partial charge on any atom is 0.227 e. The molecule has 0 bridgehead atoms. The lowest BCUT2D eigenvalue weighted by molar-refractivity contribution is -0.00860. The standard InChI is InChI=1S/C22H28FN7O/c1-13(2)15-10-27-20(24-4)16-11-26-19(9-14(15)16)28-18-5-7-25-21(29-18)30-8-6-17(31)22(3,23)12-30/h5,7,9-11,13,17,31H,6,8,12H2,1-4H3,(H,24,27)(H,25,26,28,29)/t17?,22-/m1/s1. The van der Waals surface area contributed by atoms with Crippen LogP contribution in [0.3, 0.4) is 0 Å². The van der Waals surface area contributed by atoms with Gasteiger partial charge in [-0.2, -0.15) is 4.98 Å². The van der Waals surface area contributed by atoms with E-state index < -0.39 is 11.8 Å². The molecule has 1 fully saturated rings. The van der Waals surface area contributed by atoms with Crippen molar-refractivity contribution in [2.75, 3.05) is 35.7 Å². The summed E-state index contributed by atoms with van der Waals surface area (Å²) in [6, 6.07) is 3.74. The third kappa shape index (κ3) is 4.23. The van der Waals surface area contributed by atoms with Gasteiger partial charge in [0, 0.05) is 37.6 Å². The van der Waals surface area contributed by atoms with Crippen LogP contribution >= 0.6 is 0 Å². The number of anilines is 4. The summed E-state index contributed by atoms with van der Waals surface area (Å²) in [6.07, 6.45) is 4.68. The molecule has 1 aliphatic heterocycles. The average Bonchev–Trinajstić information content (AvgIpc) is 2.74. The van der Waals surface area contributed by atoms with Crippen molar-refractivity contribution in [3.63, 3.8) is 0 Å². The quantitative estimate of drug-likeness (QED) is 0.570. The van der Waals surface area contributed by atoms with Crippen molar-refractivity contribution in [1.29, 1.82) is 0 Å². The molecule has 0 amide bonds. The Balaban J connectivity index is 1.62. The number of hydrogen-bond acceptors (Lipinski definition) is 8. The fraction of sp³-hybridized carbons (Fsp3) is 0.455. The average molecular weight is 426 g/mol. The summed E-state index contributed by atoms with van der Waals surface area (Å²) in [5.74, 6) is 2.73. The number of hydrogen-bond donors (Lipinski definition) is 3. The van der Waals surface area contributed by atoms with Gasteiger partial charge in [0.2, 0.25) is 5.95 Å². The number of aromatic nitrogens is 4. The zero-order chi connectivity index (χ0) is 22.2. The Kier molecular flexibility index (Phi) is 5.62. The molecule has 1 unspecified atom stereocenters. The first-order chi connectivity index (χ1) is 14.8. The summed E-state index contributed by atoms with van der Waals surface area (Å²) in [5.41, 5.74) is -0.561. The van der Waals surface area contributed by atoms with Crippen LogP contribution in [0.2, 0.25) is 0 Å². The number of rotatable bonds is 5. The van der Waals surface area contributed by atoms with Crippen LogP contribution in [0.5, 0.6) is 0 Å². The van der Waals surface area contributed by atoms with Crippen LogP contribution in [0.15, 0.2) is 30.7 Å². The van der Waals surface area contributed by atoms with Crippen molar-refractivity contribution >= 4 is 34.2 Å². The highest BCUT2D eigenvalue weighted by molar-refractivity contribution is 5.95. The zero-order valence-corrected chi connectivity index (χ0v) is 18.2. The summed E-state index contributed by atoms with van der Waals surface area (Å²) in [5, 5.41) is 18.2. The van der Waals surface area contributed by atoms with Crippen molar-refractivity contribution in [1.82, 2.24) is 19.9 Å². The third-order valence-electron chi connectivity index (χ3n) is 5.71. The molecular weight excluding hydrogens is 397 g/mol. The van der Waals surface area contributed by atoms with Crippen molar-refractivity contribution in [3.8, 4) is 0 Å². The molecule has 1 aliphatic rings. The number of aliphatic hydroxyl groups is 1. The first-order valence-electron chi connectivity index (χ1n) is 10.5. The van der Waals surface area contributed by atoms with E-state index in [1.807, 2.05) is 19.3 Å². The zero-order valence-electron chi connectivity index (χ0n) is 18.2. The molecule has 31 heavy (non-hydrogen) atoms. The molecule has 8 nitrogen and oxygen atoms in total.